The van der Waals surface area contributed by atoms with Gasteiger partial charge in [0.2, 0.25) is 5.91 Å². The Labute approximate surface area is 184 Å². The molecule has 1 amide bonds. The van der Waals surface area contributed by atoms with Crippen molar-refractivity contribution in [1.29, 1.82) is 0 Å². The summed E-state index contributed by atoms with van der Waals surface area (Å²) in [6.45, 7) is 7.97. The molecule has 0 aromatic carbocycles. The standard InChI is InChI=1S/C22H34N8O/c1-16-14-17(2)30(28-16)11-5-10-26-22(24-3)27-15-19-6-4-9-25-21(19)29-12-7-18(8-13-29)20(23)31/h4,6,9,14,18H,5,7-8,10-13,15H2,1-3H3,(H2,23,31)(H2,24,26,27). The number of aromatic nitrogens is 3. The molecule has 1 aliphatic heterocycles. The monoisotopic (exact) mass is 426 g/mol. The highest BCUT2D eigenvalue weighted by molar-refractivity contribution is 5.79. The highest BCUT2D eigenvalue weighted by atomic mass is 16.1. The van der Waals surface area contributed by atoms with Crippen LogP contribution in [0.3, 0.4) is 0 Å². The molecule has 0 unspecified atom stereocenters. The number of amides is 1. The fraction of sp³-hybridized carbons (Fsp3) is 0.545. The van der Waals surface area contributed by atoms with E-state index in [1.54, 1.807) is 7.05 Å². The van der Waals surface area contributed by atoms with Gasteiger partial charge >= 0.3 is 0 Å². The SMILES string of the molecule is CN=C(NCCCn1nc(C)cc1C)NCc1cccnc1N1CCC(C(N)=O)CC1. The van der Waals surface area contributed by atoms with Gasteiger partial charge in [-0.1, -0.05) is 6.07 Å². The number of hydrogen-bond acceptors (Lipinski definition) is 5. The van der Waals surface area contributed by atoms with Crippen LogP contribution in [0.15, 0.2) is 29.4 Å². The normalized spacial score (nSPS) is 15.2. The zero-order valence-electron chi connectivity index (χ0n) is 18.8. The summed E-state index contributed by atoms with van der Waals surface area (Å²) in [6, 6.07) is 6.11. The predicted octanol–water partition coefficient (Wildman–Crippen LogP) is 1.35. The van der Waals surface area contributed by atoms with Crippen molar-refractivity contribution < 1.29 is 4.79 Å². The topological polar surface area (TPSA) is 113 Å². The van der Waals surface area contributed by atoms with Crippen LogP contribution >= 0.6 is 0 Å². The van der Waals surface area contributed by atoms with E-state index in [4.69, 9.17) is 5.73 Å². The molecule has 3 heterocycles. The van der Waals surface area contributed by atoms with Crippen LogP contribution < -0.4 is 21.3 Å². The predicted molar refractivity (Wildman–Crippen MR) is 123 cm³/mol. The molecular formula is C22H34N8O. The van der Waals surface area contributed by atoms with E-state index in [-0.39, 0.29) is 11.8 Å². The fourth-order valence-electron chi connectivity index (χ4n) is 3.97. The molecule has 3 rings (SSSR count). The highest BCUT2D eigenvalue weighted by Gasteiger charge is 2.24. The molecule has 9 heteroatoms. The summed E-state index contributed by atoms with van der Waals surface area (Å²) in [5.41, 5.74) is 8.80. The maximum Gasteiger partial charge on any atom is 0.220 e. The molecule has 1 saturated heterocycles. The van der Waals surface area contributed by atoms with Gasteiger partial charge in [0, 0.05) is 63.1 Å². The number of guanidine groups is 1. The first-order chi connectivity index (χ1) is 15.0. The number of aliphatic imine (C=N–C) groups is 1. The van der Waals surface area contributed by atoms with Crippen molar-refractivity contribution in [3.8, 4) is 0 Å². The Morgan fingerprint density at radius 1 is 1.29 bits per heavy atom. The van der Waals surface area contributed by atoms with E-state index in [0.717, 1.165) is 68.5 Å². The lowest BCUT2D eigenvalue weighted by Crippen LogP contribution is -2.40. The van der Waals surface area contributed by atoms with Gasteiger partial charge in [-0.15, -0.1) is 0 Å². The van der Waals surface area contributed by atoms with Crippen molar-refractivity contribution in [2.75, 3.05) is 31.6 Å². The first-order valence-electron chi connectivity index (χ1n) is 10.9. The van der Waals surface area contributed by atoms with Gasteiger partial charge in [-0.2, -0.15) is 5.10 Å². The Hall–Kier alpha value is -3.10. The highest BCUT2D eigenvalue weighted by Crippen LogP contribution is 2.24. The summed E-state index contributed by atoms with van der Waals surface area (Å²) in [7, 11) is 1.77. The molecular weight excluding hydrogens is 392 g/mol. The van der Waals surface area contributed by atoms with Crippen molar-refractivity contribution >= 4 is 17.7 Å². The molecule has 0 aliphatic carbocycles. The zero-order chi connectivity index (χ0) is 22.2. The maximum atomic E-state index is 11.4. The molecule has 168 valence electrons. The Kier molecular flexibility index (Phi) is 7.86. The molecule has 2 aromatic rings. The minimum absolute atomic E-state index is 0.0287. The van der Waals surface area contributed by atoms with Gasteiger partial charge in [-0.05, 0) is 45.2 Å². The Morgan fingerprint density at radius 2 is 2.06 bits per heavy atom. The third-order valence-corrected chi connectivity index (χ3v) is 5.68. The summed E-state index contributed by atoms with van der Waals surface area (Å²) >= 11 is 0. The zero-order valence-corrected chi connectivity index (χ0v) is 18.8. The molecule has 9 nitrogen and oxygen atoms in total. The largest absolute Gasteiger partial charge is 0.369 e. The average molecular weight is 427 g/mol. The minimum Gasteiger partial charge on any atom is -0.369 e. The van der Waals surface area contributed by atoms with Crippen molar-refractivity contribution in [1.82, 2.24) is 25.4 Å². The molecule has 1 aliphatic rings. The van der Waals surface area contributed by atoms with E-state index < -0.39 is 0 Å². The number of nitrogens with zero attached hydrogens (tertiary/aromatic N) is 5. The molecule has 31 heavy (non-hydrogen) atoms. The van der Waals surface area contributed by atoms with E-state index in [1.165, 1.54) is 5.69 Å². The van der Waals surface area contributed by atoms with Crippen molar-refractivity contribution in [3.63, 3.8) is 0 Å². The Balaban J connectivity index is 1.48. The molecule has 1 fully saturated rings. The van der Waals surface area contributed by atoms with Gasteiger partial charge < -0.3 is 21.3 Å². The quantitative estimate of drug-likeness (QED) is 0.334. The number of aryl methyl sites for hydroxylation is 3. The first-order valence-corrected chi connectivity index (χ1v) is 10.9. The van der Waals surface area contributed by atoms with E-state index in [2.05, 4.69) is 49.7 Å². The van der Waals surface area contributed by atoms with Crippen LogP contribution in [-0.4, -0.2) is 53.3 Å². The lowest BCUT2D eigenvalue weighted by atomic mass is 9.96. The van der Waals surface area contributed by atoms with Crippen molar-refractivity contribution in [2.45, 2.75) is 46.2 Å². The fourth-order valence-corrected chi connectivity index (χ4v) is 3.97. The Morgan fingerprint density at radius 3 is 2.71 bits per heavy atom. The average Bonchev–Trinajstić information content (AvgIpc) is 3.10. The van der Waals surface area contributed by atoms with E-state index in [1.807, 2.05) is 23.9 Å². The number of hydrogen-bond donors (Lipinski definition) is 3. The van der Waals surface area contributed by atoms with Gasteiger partial charge in [0.25, 0.3) is 0 Å². The van der Waals surface area contributed by atoms with E-state index in [0.29, 0.717) is 6.54 Å². The van der Waals surface area contributed by atoms with E-state index in [9.17, 15) is 4.79 Å². The van der Waals surface area contributed by atoms with Gasteiger partial charge in [-0.25, -0.2) is 4.98 Å². The molecule has 0 spiro atoms. The summed E-state index contributed by atoms with van der Waals surface area (Å²) in [5, 5.41) is 11.2. The van der Waals surface area contributed by atoms with Crippen LogP contribution in [0.5, 0.6) is 0 Å². The molecule has 2 aromatic heterocycles. The minimum atomic E-state index is -0.199. The number of primary amides is 1. The molecule has 0 bridgehead atoms. The smallest absolute Gasteiger partial charge is 0.220 e. The van der Waals surface area contributed by atoms with Crippen LogP contribution in [0.2, 0.25) is 0 Å². The summed E-state index contributed by atoms with van der Waals surface area (Å²) in [6.07, 6.45) is 4.31. The lowest BCUT2D eigenvalue weighted by molar-refractivity contribution is -0.122. The van der Waals surface area contributed by atoms with Gasteiger partial charge in [-0.3, -0.25) is 14.5 Å². The Bertz CT molecular complexity index is 899. The van der Waals surface area contributed by atoms with Gasteiger partial charge in [0.15, 0.2) is 5.96 Å². The van der Waals surface area contributed by atoms with Crippen LogP contribution in [0, 0.1) is 19.8 Å². The number of anilines is 1. The van der Waals surface area contributed by atoms with Gasteiger partial charge in [0.1, 0.15) is 5.82 Å². The molecule has 0 saturated carbocycles. The maximum absolute atomic E-state index is 11.4. The first kappa shape index (κ1) is 22.6. The second-order valence-electron chi connectivity index (χ2n) is 8.01. The second-order valence-corrected chi connectivity index (χ2v) is 8.01. The third-order valence-electron chi connectivity index (χ3n) is 5.68. The number of rotatable bonds is 8. The van der Waals surface area contributed by atoms with Crippen LogP contribution in [-0.2, 0) is 17.9 Å². The lowest BCUT2D eigenvalue weighted by Gasteiger charge is -2.32. The number of pyridine rings is 1. The van der Waals surface area contributed by atoms with Gasteiger partial charge in [0.05, 0.1) is 5.69 Å². The number of nitrogens with one attached hydrogen (secondary N) is 2. The van der Waals surface area contributed by atoms with Crippen LogP contribution in [0.1, 0.15) is 36.2 Å². The summed E-state index contributed by atoms with van der Waals surface area (Å²) in [5.74, 6) is 1.49. The summed E-state index contributed by atoms with van der Waals surface area (Å²) in [4.78, 5) is 22.6. The number of carbonyl (C=O) groups excluding carboxylic acids is 1. The van der Waals surface area contributed by atoms with Crippen molar-refractivity contribution in [2.24, 2.45) is 16.6 Å². The van der Waals surface area contributed by atoms with Crippen LogP contribution in [0.25, 0.3) is 0 Å². The second kappa shape index (κ2) is 10.8. The summed E-state index contributed by atoms with van der Waals surface area (Å²) < 4.78 is 2.04. The number of nitrogens with two attached hydrogens (primary N) is 1. The third kappa shape index (κ3) is 6.19. The van der Waals surface area contributed by atoms with Crippen molar-refractivity contribution in [3.05, 3.63) is 41.3 Å². The number of piperidine rings is 1. The van der Waals surface area contributed by atoms with Crippen LogP contribution in [0.4, 0.5) is 5.82 Å². The molecule has 0 atom stereocenters. The molecule has 4 N–H and O–H groups in total. The number of carbonyl (C=O) groups is 1. The van der Waals surface area contributed by atoms with E-state index >= 15 is 0 Å². The molecule has 0 radical (unpaired) electrons.